The van der Waals surface area contributed by atoms with Crippen molar-refractivity contribution in [2.75, 3.05) is 13.7 Å². The Morgan fingerprint density at radius 1 is 1.08 bits per heavy atom. The zero-order valence-corrected chi connectivity index (χ0v) is 8.43. The van der Waals surface area contributed by atoms with Crippen LogP contribution in [0.2, 0.25) is 0 Å². The van der Waals surface area contributed by atoms with E-state index in [9.17, 15) is 4.79 Å². The van der Waals surface area contributed by atoms with E-state index in [1.807, 2.05) is 27.7 Å². The van der Waals surface area contributed by atoms with Gasteiger partial charge in [0.2, 0.25) is 0 Å². The fraction of sp³-hybridized carbons (Fsp3) is 0.900. The zero-order valence-electron chi connectivity index (χ0n) is 8.43. The summed E-state index contributed by atoms with van der Waals surface area (Å²) in [7, 11) is 1.28. The molecule has 0 amide bonds. The van der Waals surface area contributed by atoms with Crippen LogP contribution in [0.25, 0.3) is 0 Å². The molecule has 0 atom stereocenters. The number of hydrogen-bond donors (Lipinski definition) is 0. The summed E-state index contributed by atoms with van der Waals surface area (Å²) in [5, 5.41) is 0. The average molecular weight is 196 g/mol. The van der Waals surface area contributed by atoms with E-state index in [1.165, 1.54) is 7.11 Å². The van der Waals surface area contributed by atoms with E-state index in [-0.39, 0.29) is 14.9 Å². The Balaban J connectivity index is -0.0000000315. The fourth-order valence-electron chi connectivity index (χ4n) is 0.177. The average Bonchev–Trinajstić information content (AvgIpc) is 2.12. The minimum Gasteiger partial charge on any atom is -0.438 e. The second-order valence-corrected chi connectivity index (χ2v) is 0.887. The van der Waals surface area contributed by atoms with Gasteiger partial charge in [0.1, 0.15) is 0 Å². The SMILES string of the molecule is C.C.CC.CC.CCOC(=O)OC. The van der Waals surface area contributed by atoms with Gasteiger partial charge in [-0.05, 0) is 6.92 Å². The van der Waals surface area contributed by atoms with Gasteiger partial charge in [0, 0.05) is 0 Å². The molecule has 0 aromatic rings. The van der Waals surface area contributed by atoms with Crippen molar-refractivity contribution in [1.29, 1.82) is 0 Å². The highest BCUT2D eigenvalue weighted by molar-refractivity contribution is 5.59. The molecule has 0 saturated heterocycles. The molecule has 0 heterocycles. The molecule has 0 saturated carbocycles. The summed E-state index contributed by atoms with van der Waals surface area (Å²) in [6.07, 6.45) is -0.623. The highest BCUT2D eigenvalue weighted by Gasteiger charge is 1.92. The maximum atomic E-state index is 9.97. The molecule has 0 aliphatic rings. The smallest absolute Gasteiger partial charge is 0.438 e. The third-order valence-electron chi connectivity index (χ3n) is 0.429. The van der Waals surface area contributed by atoms with Crippen molar-refractivity contribution in [3.05, 3.63) is 0 Å². The Morgan fingerprint density at radius 2 is 1.38 bits per heavy atom. The van der Waals surface area contributed by atoms with Crippen LogP contribution in [0.1, 0.15) is 49.5 Å². The summed E-state index contributed by atoms with van der Waals surface area (Å²) in [5.74, 6) is 0. The summed E-state index contributed by atoms with van der Waals surface area (Å²) in [6.45, 7) is 10.1. The second-order valence-electron chi connectivity index (χ2n) is 0.887. The molecule has 0 aliphatic heterocycles. The Hall–Kier alpha value is -0.730. The lowest BCUT2D eigenvalue weighted by Gasteiger charge is -1.94. The molecule has 3 heteroatoms. The molecule has 0 radical (unpaired) electrons. The van der Waals surface area contributed by atoms with Gasteiger partial charge >= 0.3 is 6.16 Å². The Bertz CT molecular complexity index is 63.2. The molecule has 0 fully saturated rings. The van der Waals surface area contributed by atoms with Crippen molar-refractivity contribution < 1.29 is 14.3 Å². The van der Waals surface area contributed by atoms with E-state index in [0.29, 0.717) is 6.61 Å². The number of carbonyl (C=O) groups is 1. The summed E-state index contributed by atoms with van der Waals surface area (Å²) in [4.78, 5) is 9.97. The number of methoxy groups -OCH3 is 1. The van der Waals surface area contributed by atoms with Crippen molar-refractivity contribution in [2.24, 2.45) is 0 Å². The first-order chi connectivity index (χ1) is 5.31. The highest BCUT2D eigenvalue weighted by Crippen LogP contribution is 1.77. The first-order valence-electron chi connectivity index (χ1n) is 4.02. The van der Waals surface area contributed by atoms with Gasteiger partial charge in [-0.1, -0.05) is 42.5 Å². The molecule has 0 N–H and O–H groups in total. The molecule has 86 valence electrons. The molecule has 13 heavy (non-hydrogen) atoms. The Labute approximate surface area is 84.4 Å². The molecule has 0 bridgehead atoms. The third-order valence-corrected chi connectivity index (χ3v) is 0.429. The van der Waals surface area contributed by atoms with Crippen LogP contribution in [0.15, 0.2) is 0 Å². The van der Waals surface area contributed by atoms with E-state index in [4.69, 9.17) is 0 Å². The largest absolute Gasteiger partial charge is 0.507 e. The van der Waals surface area contributed by atoms with Crippen molar-refractivity contribution >= 4 is 6.16 Å². The van der Waals surface area contributed by atoms with Crippen LogP contribution in [0.3, 0.4) is 0 Å². The maximum absolute atomic E-state index is 9.97. The van der Waals surface area contributed by atoms with Crippen molar-refractivity contribution in [3.8, 4) is 0 Å². The lowest BCUT2D eigenvalue weighted by atomic mass is 10.9. The van der Waals surface area contributed by atoms with E-state index < -0.39 is 6.16 Å². The second kappa shape index (κ2) is 42.8. The minimum atomic E-state index is -0.623. The van der Waals surface area contributed by atoms with Crippen molar-refractivity contribution in [3.63, 3.8) is 0 Å². The Morgan fingerprint density at radius 3 is 1.46 bits per heavy atom. The Kier molecular flexibility index (Phi) is 97.1. The highest BCUT2D eigenvalue weighted by atomic mass is 16.7. The first-order valence-corrected chi connectivity index (χ1v) is 4.02. The lowest BCUT2D eigenvalue weighted by molar-refractivity contribution is 0.0771. The number of ether oxygens (including phenoxy) is 2. The van der Waals surface area contributed by atoms with E-state index >= 15 is 0 Å². The molecule has 0 aromatic carbocycles. The standard InChI is InChI=1S/C4H8O3.2C2H6.2CH4/c1-3-7-4(5)6-2;2*1-2;;/h3H2,1-2H3;2*1-2H3;2*1H4. The lowest BCUT2D eigenvalue weighted by Crippen LogP contribution is -2.02. The maximum Gasteiger partial charge on any atom is 0.507 e. The first kappa shape index (κ1) is 29.5. The van der Waals surface area contributed by atoms with Gasteiger partial charge in [0.05, 0.1) is 13.7 Å². The van der Waals surface area contributed by atoms with Gasteiger partial charge in [-0.25, -0.2) is 4.79 Å². The van der Waals surface area contributed by atoms with Gasteiger partial charge < -0.3 is 9.47 Å². The monoisotopic (exact) mass is 196 g/mol. The summed E-state index contributed by atoms with van der Waals surface area (Å²) < 4.78 is 8.46. The molecular formula is C10H28O3. The van der Waals surface area contributed by atoms with Gasteiger partial charge in [0.25, 0.3) is 0 Å². The van der Waals surface area contributed by atoms with Crippen molar-refractivity contribution in [1.82, 2.24) is 0 Å². The zero-order chi connectivity index (χ0) is 9.70. The normalized spacial score (nSPS) is 5.08. The fourth-order valence-corrected chi connectivity index (χ4v) is 0.177. The van der Waals surface area contributed by atoms with Crippen LogP contribution in [0.5, 0.6) is 0 Å². The van der Waals surface area contributed by atoms with Gasteiger partial charge in [-0.2, -0.15) is 0 Å². The molecule has 0 aliphatic carbocycles. The van der Waals surface area contributed by atoms with Gasteiger partial charge in [0.15, 0.2) is 0 Å². The van der Waals surface area contributed by atoms with Crippen LogP contribution < -0.4 is 0 Å². The number of carbonyl (C=O) groups excluding carboxylic acids is 1. The van der Waals surface area contributed by atoms with E-state index in [2.05, 4.69) is 9.47 Å². The number of hydrogen-bond acceptors (Lipinski definition) is 3. The summed E-state index contributed by atoms with van der Waals surface area (Å²) in [5.41, 5.74) is 0. The van der Waals surface area contributed by atoms with E-state index in [0.717, 1.165) is 0 Å². The van der Waals surface area contributed by atoms with Crippen LogP contribution >= 0.6 is 0 Å². The van der Waals surface area contributed by atoms with Crippen molar-refractivity contribution in [2.45, 2.75) is 49.5 Å². The van der Waals surface area contributed by atoms with Crippen LogP contribution in [-0.4, -0.2) is 19.9 Å². The van der Waals surface area contributed by atoms with E-state index in [1.54, 1.807) is 6.92 Å². The molecule has 0 spiro atoms. The summed E-state index contributed by atoms with van der Waals surface area (Å²) in [6, 6.07) is 0. The predicted molar refractivity (Wildman–Crippen MR) is 60.2 cm³/mol. The third kappa shape index (κ3) is 53.1. The molecule has 3 nitrogen and oxygen atoms in total. The minimum absolute atomic E-state index is 0. The van der Waals surface area contributed by atoms with Gasteiger partial charge in [-0.3, -0.25) is 0 Å². The molecule has 0 rings (SSSR count). The predicted octanol–water partition coefficient (Wildman–Crippen LogP) is 4.11. The topological polar surface area (TPSA) is 35.5 Å². The molecular weight excluding hydrogens is 168 g/mol. The quantitative estimate of drug-likeness (QED) is 0.592. The van der Waals surface area contributed by atoms with Gasteiger partial charge in [-0.15, -0.1) is 0 Å². The molecule has 0 unspecified atom stereocenters. The summed E-state index contributed by atoms with van der Waals surface area (Å²) >= 11 is 0. The van der Waals surface area contributed by atoms with Crippen LogP contribution in [0, 0.1) is 0 Å². The molecule has 0 aromatic heterocycles. The number of rotatable bonds is 1. The van der Waals surface area contributed by atoms with Crippen LogP contribution in [0.4, 0.5) is 4.79 Å². The van der Waals surface area contributed by atoms with Crippen LogP contribution in [-0.2, 0) is 9.47 Å².